The Morgan fingerprint density at radius 1 is 0.512 bits per heavy atom. The monoisotopic (exact) mass is 634 g/mol. The second kappa shape index (κ2) is 31.0. The topological polar surface area (TPSA) is 119 Å². The maximum absolute atomic E-state index is 12.2. The van der Waals surface area contributed by atoms with Crippen molar-refractivity contribution < 1.29 is 37.9 Å². The summed E-state index contributed by atoms with van der Waals surface area (Å²) < 4.78 is 26.2. The SMILES string of the molecule is CCCCCCCCCCCCCCCCCCCC(=O)OC[C@H](COP(=O)(O)O)OC(=O)CCCCCCCCCC. The zero-order valence-corrected chi connectivity index (χ0v) is 28.8. The van der Waals surface area contributed by atoms with E-state index >= 15 is 0 Å². The third-order valence-electron chi connectivity index (χ3n) is 7.88. The molecule has 0 amide bonds. The second-order valence-corrected chi connectivity index (χ2v) is 13.5. The van der Waals surface area contributed by atoms with Crippen LogP contribution in [0.3, 0.4) is 0 Å². The summed E-state index contributed by atoms with van der Waals surface area (Å²) in [4.78, 5) is 42.4. The van der Waals surface area contributed by atoms with Crippen LogP contribution in [0.5, 0.6) is 0 Å². The van der Waals surface area contributed by atoms with Crippen molar-refractivity contribution in [3.63, 3.8) is 0 Å². The van der Waals surface area contributed by atoms with E-state index in [1.165, 1.54) is 116 Å². The first-order chi connectivity index (χ1) is 20.8. The van der Waals surface area contributed by atoms with E-state index in [1.54, 1.807) is 0 Å². The summed E-state index contributed by atoms with van der Waals surface area (Å²) in [5.74, 6) is -0.879. The molecule has 0 aliphatic heterocycles. The molecule has 0 spiro atoms. The Labute approximate surface area is 264 Å². The van der Waals surface area contributed by atoms with Crippen LogP contribution in [0.25, 0.3) is 0 Å². The Hall–Kier alpha value is -0.950. The summed E-state index contributed by atoms with van der Waals surface area (Å²) in [6.45, 7) is 3.65. The number of carbonyl (C=O) groups excluding carboxylic acids is 2. The second-order valence-electron chi connectivity index (χ2n) is 12.2. The highest BCUT2D eigenvalue weighted by molar-refractivity contribution is 7.46. The van der Waals surface area contributed by atoms with Gasteiger partial charge in [-0.05, 0) is 12.8 Å². The number of esters is 2. The molecule has 0 aliphatic rings. The van der Waals surface area contributed by atoms with Crippen molar-refractivity contribution in [1.82, 2.24) is 0 Å². The van der Waals surface area contributed by atoms with Crippen molar-refractivity contribution in [3.05, 3.63) is 0 Å². The van der Waals surface area contributed by atoms with Gasteiger partial charge in [0.1, 0.15) is 6.61 Å². The van der Waals surface area contributed by atoms with Crippen molar-refractivity contribution in [2.75, 3.05) is 13.2 Å². The summed E-state index contributed by atoms with van der Waals surface area (Å²) in [5.41, 5.74) is 0. The van der Waals surface area contributed by atoms with Gasteiger partial charge >= 0.3 is 19.8 Å². The van der Waals surface area contributed by atoms with E-state index in [-0.39, 0.29) is 19.4 Å². The van der Waals surface area contributed by atoms with Crippen molar-refractivity contribution in [1.29, 1.82) is 0 Å². The number of ether oxygens (including phenoxy) is 2. The van der Waals surface area contributed by atoms with Gasteiger partial charge in [0, 0.05) is 12.8 Å². The minimum atomic E-state index is -4.73. The van der Waals surface area contributed by atoms with Crippen LogP contribution in [0.15, 0.2) is 0 Å². The maximum atomic E-state index is 12.2. The quantitative estimate of drug-likeness (QED) is 0.0416. The molecule has 0 aromatic carbocycles. The van der Waals surface area contributed by atoms with Crippen molar-refractivity contribution >= 4 is 19.8 Å². The van der Waals surface area contributed by atoms with Gasteiger partial charge in [-0.15, -0.1) is 0 Å². The average molecular weight is 635 g/mol. The smallest absolute Gasteiger partial charge is 0.462 e. The number of phosphoric acid groups is 1. The number of hydrogen-bond acceptors (Lipinski definition) is 6. The number of hydrogen-bond donors (Lipinski definition) is 2. The normalized spacial score (nSPS) is 12.4. The molecule has 0 bridgehead atoms. The van der Waals surface area contributed by atoms with Crippen molar-refractivity contribution in [2.24, 2.45) is 0 Å². The molecule has 1 atom stereocenters. The lowest BCUT2D eigenvalue weighted by Gasteiger charge is -2.18. The van der Waals surface area contributed by atoms with Crippen LogP contribution in [0.4, 0.5) is 0 Å². The molecule has 0 aromatic heterocycles. The number of unbranched alkanes of at least 4 members (excludes halogenated alkanes) is 23. The van der Waals surface area contributed by atoms with Gasteiger partial charge in [0.25, 0.3) is 0 Å². The number of carbonyl (C=O) groups is 2. The molecule has 0 fully saturated rings. The zero-order chi connectivity index (χ0) is 31.9. The van der Waals surface area contributed by atoms with E-state index < -0.39 is 32.5 Å². The summed E-state index contributed by atoms with van der Waals surface area (Å²) >= 11 is 0. The van der Waals surface area contributed by atoms with Gasteiger partial charge in [0.2, 0.25) is 0 Å². The molecule has 0 unspecified atom stereocenters. The fourth-order valence-corrected chi connectivity index (χ4v) is 5.56. The molecule has 256 valence electrons. The molecular weight excluding hydrogens is 567 g/mol. The molecule has 8 nitrogen and oxygen atoms in total. The Kier molecular flexibility index (Phi) is 30.4. The Morgan fingerprint density at radius 2 is 0.837 bits per heavy atom. The summed E-state index contributed by atoms with van der Waals surface area (Å²) in [6.07, 6.45) is 29.8. The summed E-state index contributed by atoms with van der Waals surface area (Å²) in [7, 11) is -4.73. The molecule has 0 saturated heterocycles. The lowest BCUT2D eigenvalue weighted by atomic mass is 10.0. The minimum absolute atomic E-state index is 0.217. The van der Waals surface area contributed by atoms with Gasteiger partial charge in [0.05, 0.1) is 6.61 Å². The van der Waals surface area contributed by atoms with Gasteiger partial charge in [-0.3, -0.25) is 14.1 Å². The van der Waals surface area contributed by atoms with E-state index in [4.69, 9.17) is 19.3 Å². The first kappa shape index (κ1) is 42.0. The van der Waals surface area contributed by atoms with Crippen LogP contribution in [0, 0.1) is 0 Å². The van der Waals surface area contributed by atoms with Gasteiger partial charge in [-0.2, -0.15) is 0 Å². The summed E-state index contributed by atoms with van der Waals surface area (Å²) in [6, 6.07) is 0. The van der Waals surface area contributed by atoms with E-state index in [9.17, 15) is 14.2 Å². The van der Waals surface area contributed by atoms with Crippen molar-refractivity contribution in [3.8, 4) is 0 Å². The zero-order valence-electron chi connectivity index (χ0n) is 27.9. The van der Waals surface area contributed by atoms with E-state index in [2.05, 4.69) is 18.4 Å². The molecule has 0 heterocycles. The highest BCUT2D eigenvalue weighted by Gasteiger charge is 2.22. The Morgan fingerprint density at radius 3 is 1.19 bits per heavy atom. The Bertz CT molecular complexity index is 681. The average Bonchev–Trinajstić information content (AvgIpc) is 2.97. The lowest BCUT2D eigenvalue weighted by molar-refractivity contribution is -0.161. The van der Waals surface area contributed by atoms with E-state index in [0.29, 0.717) is 6.42 Å². The van der Waals surface area contributed by atoms with Gasteiger partial charge < -0.3 is 19.3 Å². The predicted octanol–water partition coefficient (Wildman–Crippen LogP) is 10.1. The van der Waals surface area contributed by atoms with Gasteiger partial charge in [-0.25, -0.2) is 4.57 Å². The third-order valence-corrected chi connectivity index (χ3v) is 8.36. The summed E-state index contributed by atoms with van der Waals surface area (Å²) in [5, 5.41) is 0. The van der Waals surface area contributed by atoms with Crippen LogP contribution in [0.1, 0.15) is 187 Å². The van der Waals surface area contributed by atoms with Crippen LogP contribution >= 0.6 is 7.82 Å². The molecule has 0 aliphatic carbocycles. The Balaban J connectivity index is 3.86. The minimum Gasteiger partial charge on any atom is -0.462 e. The molecule has 0 aromatic rings. The van der Waals surface area contributed by atoms with Gasteiger partial charge in [0.15, 0.2) is 6.10 Å². The van der Waals surface area contributed by atoms with E-state index in [1.807, 2.05) is 0 Å². The fraction of sp³-hybridized carbons (Fsp3) is 0.941. The molecule has 0 radical (unpaired) electrons. The number of rotatable bonds is 33. The molecule has 9 heteroatoms. The molecule has 43 heavy (non-hydrogen) atoms. The van der Waals surface area contributed by atoms with Crippen LogP contribution in [-0.4, -0.2) is 41.0 Å². The van der Waals surface area contributed by atoms with Crippen LogP contribution < -0.4 is 0 Å². The van der Waals surface area contributed by atoms with Crippen LogP contribution in [-0.2, 0) is 28.2 Å². The standard InChI is InChI=1S/C34H67O8P/c1-3-5-7-9-11-13-14-15-16-17-18-19-20-21-23-24-26-28-33(35)40-30-32(31-41-43(37,38)39)42-34(36)29-27-25-22-12-10-8-6-4-2/h32H,3-31H2,1-2H3,(H2,37,38,39)/t32-/m1/s1. The van der Waals surface area contributed by atoms with Gasteiger partial charge in [-0.1, -0.05) is 162 Å². The van der Waals surface area contributed by atoms with Crippen LogP contribution in [0.2, 0.25) is 0 Å². The molecule has 0 rings (SSSR count). The first-order valence-corrected chi connectivity index (χ1v) is 19.4. The molecule has 2 N–H and O–H groups in total. The first-order valence-electron chi connectivity index (χ1n) is 17.8. The maximum Gasteiger partial charge on any atom is 0.469 e. The predicted molar refractivity (Wildman–Crippen MR) is 175 cm³/mol. The lowest BCUT2D eigenvalue weighted by Crippen LogP contribution is -2.29. The third kappa shape index (κ3) is 33.8. The molecular formula is C34H67O8P. The highest BCUT2D eigenvalue weighted by Crippen LogP contribution is 2.36. The highest BCUT2D eigenvalue weighted by atomic mass is 31.2. The van der Waals surface area contributed by atoms with E-state index in [0.717, 1.165) is 38.5 Å². The molecule has 0 saturated carbocycles. The largest absolute Gasteiger partial charge is 0.469 e. The number of phosphoric ester groups is 1. The fourth-order valence-electron chi connectivity index (χ4n) is 5.20. The van der Waals surface area contributed by atoms with Crippen molar-refractivity contribution in [2.45, 2.75) is 193 Å².